The normalized spacial score (nSPS) is 13.1. The van der Waals surface area contributed by atoms with E-state index in [4.69, 9.17) is 4.74 Å². The van der Waals surface area contributed by atoms with Crippen LogP contribution in [-0.4, -0.2) is 41.9 Å². The summed E-state index contributed by atoms with van der Waals surface area (Å²) in [5, 5.41) is 10.8. The second-order valence-electron chi connectivity index (χ2n) is 7.94. The molecule has 0 fully saturated rings. The number of amides is 2. The Hall–Kier alpha value is -3.04. The zero-order valence-corrected chi connectivity index (χ0v) is 19.2. The van der Waals surface area contributed by atoms with Crippen molar-refractivity contribution in [2.45, 2.75) is 32.6 Å². The largest absolute Gasteiger partial charge is 0.383 e. The number of nitrogens with zero attached hydrogens (tertiary/aromatic N) is 2. The average molecular weight is 455 g/mol. The van der Waals surface area contributed by atoms with E-state index in [2.05, 4.69) is 15.7 Å². The molecule has 0 spiro atoms. The number of nitrogens with one attached hydrogen (secondary N) is 2. The summed E-state index contributed by atoms with van der Waals surface area (Å²) in [6.07, 6.45) is 3.73. The standard InChI is InChI=1S/C23H26N4O4S/c1-13-8-9-16-15(12-13)20(28)19(26-27(16)2)22(30)25-23-18(21(29)24-10-11-31-3)14-6-4-5-7-17(14)32-23/h8-9,12H,4-7,10-11H2,1-3H3,(H,24,29)(H,25,30). The van der Waals surface area contributed by atoms with Gasteiger partial charge in [0.25, 0.3) is 11.8 Å². The number of fused-ring (bicyclic) bond motifs is 2. The maximum Gasteiger partial charge on any atom is 0.280 e. The van der Waals surface area contributed by atoms with Crippen LogP contribution in [-0.2, 0) is 24.6 Å². The molecule has 0 saturated carbocycles. The molecule has 4 rings (SSSR count). The van der Waals surface area contributed by atoms with E-state index in [1.807, 2.05) is 19.1 Å². The Morgan fingerprint density at radius 3 is 2.78 bits per heavy atom. The Morgan fingerprint density at radius 2 is 2.00 bits per heavy atom. The number of methoxy groups -OCH3 is 1. The predicted octanol–water partition coefficient (Wildman–Crippen LogP) is 2.81. The molecule has 9 heteroatoms. The van der Waals surface area contributed by atoms with E-state index in [1.165, 1.54) is 16.0 Å². The third-order valence-corrected chi connectivity index (χ3v) is 6.85. The fraction of sp³-hybridized carbons (Fsp3) is 0.391. The first-order chi connectivity index (χ1) is 15.4. The van der Waals surface area contributed by atoms with Crippen LogP contribution in [0, 0.1) is 6.92 Å². The summed E-state index contributed by atoms with van der Waals surface area (Å²) in [5.41, 5.74) is 2.44. The number of hydrogen-bond donors (Lipinski definition) is 2. The van der Waals surface area contributed by atoms with E-state index in [9.17, 15) is 14.4 Å². The summed E-state index contributed by atoms with van der Waals surface area (Å²) in [6.45, 7) is 2.67. The highest BCUT2D eigenvalue weighted by molar-refractivity contribution is 7.17. The van der Waals surface area contributed by atoms with Gasteiger partial charge < -0.3 is 15.4 Å². The van der Waals surface area contributed by atoms with Crippen LogP contribution in [0.25, 0.3) is 10.9 Å². The van der Waals surface area contributed by atoms with Crippen molar-refractivity contribution < 1.29 is 14.3 Å². The highest BCUT2D eigenvalue weighted by Crippen LogP contribution is 2.38. The molecule has 3 aromatic rings. The monoisotopic (exact) mass is 454 g/mol. The van der Waals surface area contributed by atoms with Gasteiger partial charge in [0.15, 0.2) is 5.69 Å². The molecule has 0 atom stereocenters. The Kier molecular flexibility index (Phi) is 6.38. The first kappa shape index (κ1) is 22.2. The number of aryl methyl sites for hydroxylation is 3. The third-order valence-electron chi connectivity index (χ3n) is 5.64. The minimum atomic E-state index is -0.612. The smallest absolute Gasteiger partial charge is 0.280 e. The van der Waals surface area contributed by atoms with Crippen molar-refractivity contribution in [1.29, 1.82) is 0 Å². The number of hydrogen-bond acceptors (Lipinski definition) is 6. The lowest BCUT2D eigenvalue weighted by molar-refractivity contribution is 0.0937. The molecule has 32 heavy (non-hydrogen) atoms. The lowest BCUT2D eigenvalue weighted by Gasteiger charge is -2.13. The fourth-order valence-corrected chi connectivity index (χ4v) is 5.33. The summed E-state index contributed by atoms with van der Waals surface area (Å²) >= 11 is 1.41. The van der Waals surface area contributed by atoms with E-state index in [-0.39, 0.29) is 11.6 Å². The van der Waals surface area contributed by atoms with Gasteiger partial charge in [-0.15, -0.1) is 11.3 Å². The molecule has 2 aromatic heterocycles. The van der Waals surface area contributed by atoms with Gasteiger partial charge in [0.1, 0.15) is 5.00 Å². The van der Waals surface area contributed by atoms with Crippen molar-refractivity contribution in [3.8, 4) is 0 Å². The molecule has 0 bridgehead atoms. The summed E-state index contributed by atoms with van der Waals surface area (Å²) < 4.78 is 6.55. The van der Waals surface area contributed by atoms with Gasteiger partial charge in [0.05, 0.1) is 23.1 Å². The molecule has 1 aliphatic carbocycles. The number of thiophene rings is 1. The van der Waals surface area contributed by atoms with E-state index in [0.717, 1.165) is 41.7 Å². The zero-order chi connectivity index (χ0) is 22.8. The predicted molar refractivity (Wildman–Crippen MR) is 125 cm³/mol. The molecule has 2 N–H and O–H groups in total. The first-order valence-electron chi connectivity index (χ1n) is 10.6. The van der Waals surface area contributed by atoms with Gasteiger partial charge in [-0.1, -0.05) is 11.6 Å². The van der Waals surface area contributed by atoms with Crippen LogP contribution in [0.2, 0.25) is 0 Å². The van der Waals surface area contributed by atoms with Crippen molar-refractivity contribution in [2.24, 2.45) is 7.05 Å². The maximum absolute atomic E-state index is 13.1. The average Bonchev–Trinajstić information content (AvgIpc) is 3.14. The number of ether oxygens (including phenoxy) is 1. The summed E-state index contributed by atoms with van der Waals surface area (Å²) in [4.78, 5) is 40.2. The van der Waals surface area contributed by atoms with Crippen molar-refractivity contribution >= 4 is 39.1 Å². The van der Waals surface area contributed by atoms with Crippen molar-refractivity contribution in [3.63, 3.8) is 0 Å². The number of carbonyl (C=O) groups is 2. The Bertz CT molecular complexity index is 1260. The minimum absolute atomic E-state index is 0.192. The number of rotatable bonds is 6. The van der Waals surface area contributed by atoms with Gasteiger partial charge in [-0.2, -0.15) is 5.10 Å². The van der Waals surface area contributed by atoms with Crippen LogP contribution in [0.3, 0.4) is 0 Å². The third kappa shape index (κ3) is 4.18. The second kappa shape index (κ2) is 9.22. The Labute approximate surface area is 189 Å². The molecule has 8 nitrogen and oxygen atoms in total. The molecular weight excluding hydrogens is 428 g/mol. The fourth-order valence-electron chi connectivity index (χ4n) is 4.05. The number of aromatic nitrogens is 2. The van der Waals surface area contributed by atoms with E-state index in [0.29, 0.717) is 34.6 Å². The molecule has 1 aliphatic rings. The summed E-state index contributed by atoms with van der Waals surface area (Å²) in [5.74, 6) is -0.856. The maximum atomic E-state index is 13.1. The van der Waals surface area contributed by atoms with Gasteiger partial charge in [-0.05, 0) is 50.3 Å². The molecule has 2 heterocycles. The van der Waals surface area contributed by atoms with Crippen LogP contribution in [0.1, 0.15) is 49.7 Å². The second-order valence-corrected chi connectivity index (χ2v) is 9.04. The molecule has 2 amide bonds. The van der Waals surface area contributed by atoms with Crippen molar-refractivity contribution in [1.82, 2.24) is 15.1 Å². The molecule has 0 saturated heterocycles. The molecule has 0 aliphatic heterocycles. The lowest BCUT2D eigenvalue weighted by Crippen LogP contribution is -2.30. The van der Waals surface area contributed by atoms with E-state index < -0.39 is 11.3 Å². The van der Waals surface area contributed by atoms with Crippen LogP contribution in [0.5, 0.6) is 0 Å². The minimum Gasteiger partial charge on any atom is -0.383 e. The van der Waals surface area contributed by atoms with Crippen molar-refractivity contribution in [2.75, 3.05) is 25.6 Å². The van der Waals surface area contributed by atoms with Crippen molar-refractivity contribution in [3.05, 3.63) is 55.7 Å². The van der Waals surface area contributed by atoms with Gasteiger partial charge >= 0.3 is 0 Å². The lowest BCUT2D eigenvalue weighted by atomic mass is 9.95. The summed E-state index contributed by atoms with van der Waals surface area (Å²) in [6, 6.07) is 5.47. The van der Waals surface area contributed by atoms with Crippen LogP contribution < -0.4 is 16.1 Å². The van der Waals surface area contributed by atoms with E-state index >= 15 is 0 Å². The molecule has 0 unspecified atom stereocenters. The highest BCUT2D eigenvalue weighted by atomic mass is 32.1. The number of benzene rings is 1. The van der Waals surface area contributed by atoms with Crippen LogP contribution >= 0.6 is 11.3 Å². The summed E-state index contributed by atoms with van der Waals surface area (Å²) in [7, 11) is 3.27. The molecular formula is C23H26N4O4S. The first-order valence-corrected chi connectivity index (χ1v) is 11.4. The van der Waals surface area contributed by atoms with Gasteiger partial charge in [0.2, 0.25) is 5.43 Å². The highest BCUT2D eigenvalue weighted by Gasteiger charge is 2.27. The SMILES string of the molecule is COCCNC(=O)c1c(NC(=O)c2nn(C)c3ccc(C)cc3c2=O)sc2c1CCCC2. The molecule has 0 radical (unpaired) electrons. The topological polar surface area (TPSA) is 102 Å². The Balaban J connectivity index is 1.71. The van der Waals surface area contributed by atoms with Crippen LogP contribution in [0.4, 0.5) is 5.00 Å². The Morgan fingerprint density at radius 1 is 1.22 bits per heavy atom. The number of carbonyl (C=O) groups excluding carboxylic acids is 2. The number of anilines is 1. The van der Waals surface area contributed by atoms with Gasteiger partial charge in [0, 0.05) is 25.6 Å². The van der Waals surface area contributed by atoms with Gasteiger partial charge in [-0.25, -0.2) is 0 Å². The zero-order valence-electron chi connectivity index (χ0n) is 18.4. The van der Waals surface area contributed by atoms with Gasteiger partial charge in [-0.3, -0.25) is 19.1 Å². The van der Waals surface area contributed by atoms with Crippen LogP contribution in [0.15, 0.2) is 23.0 Å². The quantitative estimate of drug-likeness (QED) is 0.558. The van der Waals surface area contributed by atoms with E-state index in [1.54, 1.807) is 20.2 Å². The molecule has 168 valence electrons. The molecule has 1 aromatic carbocycles.